The Labute approximate surface area is 89.3 Å². The Balaban J connectivity index is 3.21. The molecule has 1 aromatic carbocycles. The lowest BCUT2D eigenvalue weighted by molar-refractivity contribution is -0.137. The Bertz CT molecular complexity index is 427. The molecule has 0 heterocycles. The third-order valence-electron chi connectivity index (χ3n) is 1.74. The fourth-order valence-electron chi connectivity index (χ4n) is 1.16. The summed E-state index contributed by atoms with van der Waals surface area (Å²) in [4.78, 5) is 21.1. The summed E-state index contributed by atoms with van der Waals surface area (Å²) >= 11 is 0. The van der Waals surface area contributed by atoms with Crippen molar-refractivity contribution < 1.29 is 22.8 Å². The van der Waals surface area contributed by atoms with Gasteiger partial charge in [-0.05, 0) is 18.2 Å². The third kappa shape index (κ3) is 3.08. The number of carbonyl (C=O) groups excluding carboxylic acids is 2. The minimum atomic E-state index is -4.55. The molecule has 1 rings (SSSR count). The van der Waals surface area contributed by atoms with Gasteiger partial charge in [0, 0.05) is 18.2 Å². The highest BCUT2D eigenvalue weighted by molar-refractivity contribution is 5.90. The number of benzene rings is 1. The average molecular weight is 231 g/mol. The van der Waals surface area contributed by atoms with E-state index in [1.165, 1.54) is 13.0 Å². The zero-order chi connectivity index (χ0) is 12.3. The van der Waals surface area contributed by atoms with Gasteiger partial charge in [0.15, 0.2) is 0 Å². The second kappa shape index (κ2) is 4.34. The molecule has 0 fully saturated rings. The summed E-state index contributed by atoms with van der Waals surface area (Å²) in [6.45, 7) is 1.17. The van der Waals surface area contributed by atoms with E-state index in [2.05, 4.69) is 5.32 Å². The first-order chi connectivity index (χ1) is 7.32. The van der Waals surface area contributed by atoms with Gasteiger partial charge in [-0.3, -0.25) is 9.59 Å². The monoisotopic (exact) mass is 231 g/mol. The molecular weight excluding hydrogens is 223 g/mol. The summed E-state index contributed by atoms with van der Waals surface area (Å²) in [5.74, 6) is -0.504. The topological polar surface area (TPSA) is 46.2 Å². The molecule has 0 aliphatic rings. The molecule has 0 radical (unpaired) electrons. The fraction of sp³-hybridized carbons (Fsp3) is 0.200. The summed E-state index contributed by atoms with van der Waals surface area (Å²) in [6, 6.07) is 2.66. The molecule has 0 spiro atoms. The summed E-state index contributed by atoms with van der Waals surface area (Å²) in [7, 11) is 0. The van der Waals surface area contributed by atoms with Crippen molar-refractivity contribution >= 4 is 17.9 Å². The van der Waals surface area contributed by atoms with Gasteiger partial charge < -0.3 is 5.32 Å². The van der Waals surface area contributed by atoms with Crippen LogP contribution in [0.3, 0.4) is 0 Å². The smallest absolute Gasteiger partial charge is 0.326 e. The summed E-state index contributed by atoms with van der Waals surface area (Å²) in [5, 5.41) is 2.19. The molecule has 6 heteroatoms. The van der Waals surface area contributed by atoms with E-state index in [-0.39, 0.29) is 11.3 Å². The number of hydrogen-bond donors (Lipinski definition) is 1. The van der Waals surface area contributed by atoms with E-state index in [0.717, 1.165) is 12.1 Å². The molecule has 0 aliphatic heterocycles. The predicted octanol–water partition coefficient (Wildman–Crippen LogP) is 2.48. The van der Waals surface area contributed by atoms with Crippen LogP contribution in [-0.2, 0) is 11.0 Å². The number of amides is 1. The van der Waals surface area contributed by atoms with Crippen LogP contribution in [0.15, 0.2) is 18.2 Å². The van der Waals surface area contributed by atoms with Crippen LogP contribution in [0.25, 0.3) is 0 Å². The number of halogens is 3. The Morgan fingerprint density at radius 3 is 2.38 bits per heavy atom. The Morgan fingerprint density at radius 2 is 1.94 bits per heavy atom. The first kappa shape index (κ1) is 12.2. The van der Waals surface area contributed by atoms with Gasteiger partial charge in [0.2, 0.25) is 5.91 Å². The van der Waals surface area contributed by atoms with Crippen molar-refractivity contribution in [3.63, 3.8) is 0 Å². The molecule has 0 atom stereocenters. The zero-order valence-electron chi connectivity index (χ0n) is 8.26. The maximum Gasteiger partial charge on any atom is 0.416 e. The van der Waals surface area contributed by atoms with E-state index in [0.29, 0.717) is 6.29 Å². The molecule has 1 N–H and O–H groups in total. The van der Waals surface area contributed by atoms with Crippen LogP contribution in [0.4, 0.5) is 18.9 Å². The zero-order valence-corrected chi connectivity index (χ0v) is 8.26. The van der Waals surface area contributed by atoms with Gasteiger partial charge in [-0.1, -0.05) is 0 Å². The molecule has 3 nitrogen and oxygen atoms in total. The molecule has 1 amide bonds. The van der Waals surface area contributed by atoms with Gasteiger partial charge in [-0.15, -0.1) is 0 Å². The Hall–Kier alpha value is -1.85. The minimum absolute atomic E-state index is 0.0515. The van der Waals surface area contributed by atoms with E-state index >= 15 is 0 Å². The number of anilines is 1. The van der Waals surface area contributed by atoms with E-state index < -0.39 is 17.6 Å². The second-order valence-electron chi connectivity index (χ2n) is 3.14. The summed E-state index contributed by atoms with van der Waals surface area (Å²) in [6.07, 6.45) is -4.26. The molecular formula is C10H8F3NO2. The van der Waals surface area contributed by atoms with Crippen molar-refractivity contribution in [3.8, 4) is 0 Å². The van der Waals surface area contributed by atoms with Crippen molar-refractivity contribution in [1.29, 1.82) is 0 Å². The first-order valence-electron chi connectivity index (χ1n) is 4.28. The lowest BCUT2D eigenvalue weighted by Gasteiger charge is -2.10. The van der Waals surface area contributed by atoms with Crippen molar-refractivity contribution in [3.05, 3.63) is 29.3 Å². The third-order valence-corrected chi connectivity index (χ3v) is 1.74. The van der Waals surface area contributed by atoms with Crippen LogP contribution in [0.2, 0.25) is 0 Å². The molecule has 0 saturated heterocycles. The highest BCUT2D eigenvalue weighted by Crippen LogP contribution is 2.31. The maximum atomic E-state index is 12.4. The van der Waals surface area contributed by atoms with Crippen LogP contribution in [-0.4, -0.2) is 12.2 Å². The van der Waals surface area contributed by atoms with Gasteiger partial charge in [-0.2, -0.15) is 13.2 Å². The van der Waals surface area contributed by atoms with Crippen molar-refractivity contribution in [2.24, 2.45) is 0 Å². The number of carbonyl (C=O) groups is 2. The van der Waals surface area contributed by atoms with Crippen molar-refractivity contribution in [2.45, 2.75) is 13.1 Å². The number of rotatable bonds is 2. The molecule has 0 unspecified atom stereocenters. The van der Waals surface area contributed by atoms with E-state index in [1.54, 1.807) is 0 Å². The summed E-state index contributed by atoms with van der Waals surface area (Å²) < 4.78 is 37.2. The molecule has 0 bridgehead atoms. The van der Waals surface area contributed by atoms with Gasteiger partial charge >= 0.3 is 6.18 Å². The molecule has 0 aromatic heterocycles. The number of alkyl halides is 3. The average Bonchev–Trinajstić information content (AvgIpc) is 2.14. The van der Waals surface area contributed by atoms with E-state index in [4.69, 9.17) is 0 Å². The summed E-state index contributed by atoms with van der Waals surface area (Å²) in [5.41, 5.74) is -1.16. The largest absolute Gasteiger partial charge is 0.416 e. The lowest BCUT2D eigenvalue weighted by Crippen LogP contribution is -2.10. The quantitative estimate of drug-likeness (QED) is 0.795. The van der Waals surface area contributed by atoms with Crippen LogP contribution in [0, 0.1) is 0 Å². The lowest BCUT2D eigenvalue weighted by atomic mass is 10.1. The highest BCUT2D eigenvalue weighted by Gasteiger charge is 2.31. The van der Waals surface area contributed by atoms with Gasteiger partial charge in [0.05, 0.1) is 5.56 Å². The molecule has 86 valence electrons. The van der Waals surface area contributed by atoms with Crippen LogP contribution < -0.4 is 5.32 Å². The van der Waals surface area contributed by atoms with Crippen molar-refractivity contribution in [2.75, 3.05) is 5.32 Å². The Morgan fingerprint density at radius 1 is 1.31 bits per heavy atom. The number of hydrogen-bond acceptors (Lipinski definition) is 2. The second-order valence-corrected chi connectivity index (χ2v) is 3.14. The number of nitrogens with one attached hydrogen (secondary N) is 1. The van der Waals surface area contributed by atoms with E-state index in [1.807, 2.05) is 0 Å². The Kier molecular flexibility index (Phi) is 3.31. The number of aldehydes is 1. The maximum absolute atomic E-state index is 12.4. The molecule has 0 aliphatic carbocycles. The SMILES string of the molecule is CC(=O)Nc1cc(C=O)cc(C(F)(F)F)c1. The van der Waals surface area contributed by atoms with Gasteiger partial charge in [0.25, 0.3) is 0 Å². The standard InChI is InChI=1S/C10H8F3NO2/c1-6(16)14-9-3-7(5-15)2-8(4-9)10(11,12)13/h2-5H,1H3,(H,14,16). The van der Waals surface area contributed by atoms with Gasteiger partial charge in [0.1, 0.15) is 6.29 Å². The van der Waals surface area contributed by atoms with Crippen LogP contribution >= 0.6 is 0 Å². The molecule has 16 heavy (non-hydrogen) atoms. The molecule has 1 aromatic rings. The predicted molar refractivity (Wildman–Crippen MR) is 51.1 cm³/mol. The van der Waals surface area contributed by atoms with Crippen molar-refractivity contribution in [1.82, 2.24) is 0 Å². The minimum Gasteiger partial charge on any atom is -0.326 e. The normalized spacial score (nSPS) is 11.0. The fourth-order valence-corrected chi connectivity index (χ4v) is 1.16. The van der Waals surface area contributed by atoms with Crippen LogP contribution in [0.1, 0.15) is 22.8 Å². The van der Waals surface area contributed by atoms with E-state index in [9.17, 15) is 22.8 Å². The molecule has 0 saturated carbocycles. The highest BCUT2D eigenvalue weighted by atomic mass is 19.4. The van der Waals surface area contributed by atoms with Crippen LogP contribution in [0.5, 0.6) is 0 Å². The first-order valence-corrected chi connectivity index (χ1v) is 4.28. The van der Waals surface area contributed by atoms with Gasteiger partial charge in [-0.25, -0.2) is 0 Å².